The van der Waals surface area contributed by atoms with Crippen LogP contribution in [-0.2, 0) is 14.3 Å². The lowest BCUT2D eigenvalue weighted by atomic mass is 10.1. The van der Waals surface area contributed by atoms with Crippen LogP contribution in [0.3, 0.4) is 0 Å². The summed E-state index contributed by atoms with van der Waals surface area (Å²) in [6.45, 7) is 13.3. The molecular formula is C37H74N2O3. The summed E-state index contributed by atoms with van der Waals surface area (Å²) in [5.74, 6) is 0.868. The van der Waals surface area contributed by atoms with E-state index >= 15 is 0 Å². The van der Waals surface area contributed by atoms with Crippen LogP contribution >= 0.6 is 0 Å². The maximum Gasteiger partial charge on any atom is 0.305 e. The molecule has 0 rings (SSSR count). The van der Waals surface area contributed by atoms with Gasteiger partial charge in [-0.15, -0.1) is 0 Å². The number of ether oxygens (including phenoxy) is 2. The summed E-state index contributed by atoms with van der Waals surface area (Å²) >= 11 is 0. The maximum atomic E-state index is 12.2. The predicted molar refractivity (Wildman–Crippen MR) is 183 cm³/mol. The van der Waals surface area contributed by atoms with E-state index in [0.717, 1.165) is 51.2 Å². The summed E-state index contributed by atoms with van der Waals surface area (Å²) < 4.78 is 11.5. The molecule has 0 aliphatic heterocycles. The lowest BCUT2D eigenvalue weighted by Gasteiger charge is -2.24. The minimum atomic E-state index is -0.0462. The first-order valence-electron chi connectivity index (χ1n) is 18.3. The fourth-order valence-corrected chi connectivity index (χ4v) is 5.35. The van der Waals surface area contributed by atoms with E-state index in [-0.39, 0.29) is 5.97 Å². The first kappa shape index (κ1) is 40.9. The fourth-order valence-electron chi connectivity index (χ4n) is 5.35. The molecule has 5 nitrogen and oxygen atoms in total. The van der Waals surface area contributed by atoms with Gasteiger partial charge < -0.3 is 14.4 Å². The lowest BCUT2D eigenvalue weighted by molar-refractivity contribution is -0.144. The molecule has 0 aromatic heterocycles. The molecule has 0 radical (unpaired) electrons. The average molecular weight is 595 g/mol. The van der Waals surface area contributed by atoms with E-state index in [2.05, 4.69) is 44.3 Å². The summed E-state index contributed by atoms with van der Waals surface area (Å²) in [5.41, 5.74) is 0. The number of carbonyl (C=O) groups excluding carboxylic acids is 1. The number of esters is 1. The largest absolute Gasteiger partial charge is 0.497 e. The third-order valence-corrected chi connectivity index (χ3v) is 8.29. The van der Waals surface area contributed by atoms with Gasteiger partial charge in [-0.25, -0.2) is 0 Å². The van der Waals surface area contributed by atoms with Gasteiger partial charge in [0.15, 0.2) is 0 Å². The Kier molecular flexibility index (Phi) is 32.0. The molecule has 0 saturated heterocycles. The second-order valence-electron chi connectivity index (χ2n) is 12.8. The molecule has 0 aromatic carbocycles. The van der Waals surface area contributed by atoms with E-state index in [0.29, 0.717) is 19.6 Å². The topological polar surface area (TPSA) is 42.0 Å². The first-order valence-corrected chi connectivity index (χ1v) is 18.3. The summed E-state index contributed by atoms with van der Waals surface area (Å²) in [6, 6.07) is 0. The Labute approximate surface area is 263 Å². The molecule has 0 atom stereocenters. The number of unbranched alkanes of at least 4 members (excludes halogenated alkanes) is 20. The molecule has 5 heteroatoms. The summed E-state index contributed by atoms with van der Waals surface area (Å²) in [5, 5.41) is 0. The zero-order valence-corrected chi connectivity index (χ0v) is 29.0. The summed E-state index contributed by atoms with van der Waals surface area (Å²) in [4.78, 5) is 16.7. The Morgan fingerprint density at radius 3 is 1.31 bits per heavy atom. The fraction of sp³-hybridized carbons (Fsp3) is 0.919. The molecule has 250 valence electrons. The third kappa shape index (κ3) is 31.9. The van der Waals surface area contributed by atoms with Crippen LogP contribution < -0.4 is 0 Å². The van der Waals surface area contributed by atoms with Crippen LogP contribution in [0, 0.1) is 0 Å². The molecule has 0 saturated carbocycles. The Balaban J connectivity index is 3.82. The van der Waals surface area contributed by atoms with E-state index in [9.17, 15) is 4.79 Å². The summed E-state index contributed by atoms with van der Waals surface area (Å²) in [6.07, 6.45) is 30.7. The molecule has 0 N–H and O–H groups in total. The minimum Gasteiger partial charge on any atom is -0.497 e. The van der Waals surface area contributed by atoms with Crippen LogP contribution in [0.4, 0.5) is 0 Å². The number of allylic oxidation sites excluding steroid dienone is 1. The van der Waals surface area contributed by atoms with Crippen LogP contribution in [0.2, 0.25) is 0 Å². The lowest BCUT2D eigenvalue weighted by Crippen LogP contribution is -2.36. The van der Waals surface area contributed by atoms with Gasteiger partial charge in [0.25, 0.3) is 0 Å². The predicted octanol–water partition coefficient (Wildman–Crippen LogP) is 10.3. The Hall–Kier alpha value is -1.07. The smallest absolute Gasteiger partial charge is 0.305 e. The van der Waals surface area contributed by atoms with Gasteiger partial charge in [0.05, 0.1) is 5.76 Å². The van der Waals surface area contributed by atoms with Crippen molar-refractivity contribution >= 4 is 5.97 Å². The summed E-state index contributed by atoms with van der Waals surface area (Å²) in [7, 11) is 4.19. The van der Waals surface area contributed by atoms with Gasteiger partial charge in [-0.05, 0) is 26.9 Å². The number of rotatable bonds is 34. The SMILES string of the molecule is C=C(CCCCCCCCCCCCC)OCCN(CCOC(=O)CCCCCCCCCCCCC)CCN(C)C. The van der Waals surface area contributed by atoms with E-state index in [1.165, 1.54) is 128 Å². The van der Waals surface area contributed by atoms with Gasteiger partial charge in [-0.2, -0.15) is 0 Å². The number of hydrogen-bond acceptors (Lipinski definition) is 5. The van der Waals surface area contributed by atoms with Crippen LogP contribution in [-0.4, -0.2) is 69.3 Å². The molecule has 0 unspecified atom stereocenters. The number of carbonyl (C=O) groups is 1. The van der Waals surface area contributed by atoms with E-state index in [1.807, 2.05) is 0 Å². The highest BCUT2D eigenvalue weighted by Gasteiger charge is 2.09. The molecule has 0 aliphatic carbocycles. The van der Waals surface area contributed by atoms with Crippen molar-refractivity contribution in [2.75, 3.05) is 53.5 Å². The zero-order chi connectivity index (χ0) is 30.9. The number of hydrogen-bond donors (Lipinski definition) is 0. The van der Waals surface area contributed by atoms with Crippen LogP contribution in [0.15, 0.2) is 12.3 Å². The van der Waals surface area contributed by atoms with Gasteiger partial charge in [0, 0.05) is 39.0 Å². The molecule has 0 aliphatic rings. The molecule has 0 aromatic rings. The number of nitrogens with zero attached hydrogens (tertiary/aromatic N) is 2. The van der Waals surface area contributed by atoms with Crippen molar-refractivity contribution in [2.45, 2.75) is 168 Å². The quantitative estimate of drug-likeness (QED) is 0.0421. The Morgan fingerprint density at radius 2 is 0.881 bits per heavy atom. The van der Waals surface area contributed by atoms with Gasteiger partial charge >= 0.3 is 5.97 Å². The monoisotopic (exact) mass is 595 g/mol. The van der Waals surface area contributed by atoms with Crippen molar-refractivity contribution in [3.8, 4) is 0 Å². The van der Waals surface area contributed by atoms with Crippen LogP contribution in [0.5, 0.6) is 0 Å². The van der Waals surface area contributed by atoms with E-state index < -0.39 is 0 Å². The van der Waals surface area contributed by atoms with Crippen molar-refractivity contribution in [3.05, 3.63) is 12.3 Å². The second kappa shape index (κ2) is 32.8. The van der Waals surface area contributed by atoms with E-state index in [4.69, 9.17) is 9.47 Å². The van der Waals surface area contributed by atoms with Gasteiger partial charge in [0.2, 0.25) is 0 Å². The molecule has 0 amide bonds. The van der Waals surface area contributed by atoms with Crippen LogP contribution in [0.25, 0.3) is 0 Å². The third-order valence-electron chi connectivity index (χ3n) is 8.29. The Bertz CT molecular complexity index is 537. The van der Waals surface area contributed by atoms with E-state index in [1.54, 1.807) is 0 Å². The normalized spacial score (nSPS) is 11.5. The minimum absolute atomic E-state index is 0.0462. The highest BCUT2D eigenvalue weighted by molar-refractivity contribution is 5.69. The van der Waals surface area contributed by atoms with Crippen molar-refractivity contribution in [2.24, 2.45) is 0 Å². The van der Waals surface area contributed by atoms with Crippen LogP contribution in [0.1, 0.15) is 168 Å². The van der Waals surface area contributed by atoms with Gasteiger partial charge in [-0.3, -0.25) is 9.69 Å². The van der Waals surface area contributed by atoms with Gasteiger partial charge in [-0.1, -0.05) is 149 Å². The maximum absolute atomic E-state index is 12.2. The molecule has 42 heavy (non-hydrogen) atoms. The molecular weight excluding hydrogens is 520 g/mol. The van der Waals surface area contributed by atoms with Crippen molar-refractivity contribution < 1.29 is 14.3 Å². The van der Waals surface area contributed by atoms with Crippen molar-refractivity contribution in [1.29, 1.82) is 0 Å². The molecule has 0 bridgehead atoms. The van der Waals surface area contributed by atoms with Gasteiger partial charge in [0.1, 0.15) is 13.2 Å². The highest BCUT2D eigenvalue weighted by atomic mass is 16.5. The molecule has 0 spiro atoms. The Morgan fingerprint density at radius 1 is 0.500 bits per heavy atom. The zero-order valence-electron chi connectivity index (χ0n) is 29.0. The molecule has 0 fully saturated rings. The first-order chi connectivity index (χ1) is 20.5. The standard InChI is InChI=1S/C37H74N2O3/c1-6-8-10-12-14-16-18-20-22-24-26-28-36(3)41-34-32-39(31-30-38(4)5)33-35-42-37(40)29-27-25-23-21-19-17-15-13-11-9-7-2/h3,6-35H2,1-2,4-5H3. The number of likely N-dealkylation sites (N-methyl/N-ethyl adjacent to an activating group) is 1. The van der Waals surface area contributed by atoms with Crippen molar-refractivity contribution in [3.63, 3.8) is 0 Å². The van der Waals surface area contributed by atoms with Crippen molar-refractivity contribution in [1.82, 2.24) is 9.80 Å². The highest BCUT2D eigenvalue weighted by Crippen LogP contribution is 2.14. The average Bonchev–Trinajstić information content (AvgIpc) is 2.97. The molecule has 0 heterocycles. The second-order valence-corrected chi connectivity index (χ2v) is 12.8.